The van der Waals surface area contributed by atoms with Crippen molar-refractivity contribution in [2.45, 2.75) is 32.4 Å². The summed E-state index contributed by atoms with van der Waals surface area (Å²) in [6.45, 7) is 6.60. The van der Waals surface area contributed by atoms with Crippen LogP contribution >= 0.6 is 0 Å². The van der Waals surface area contributed by atoms with Crippen molar-refractivity contribution in [2.75, 3.05) is 13.7 Å². The van der Waals surface area contributed by atoms with Gasteiger partial charge in [0.15, 0.2) is 0 Å². The van der Waals surface area contributed by atoms with Crippen LogP contribution in [-0.2, 0) is 4.74 Å². The molecule has 0 spiro atoms. The predicted octanol–water partition coefficient (Wildman–Crippen LogP) is 2.01. The number of hydrazine groups is 1. The number of ether oxygens (including phenoxy) is 2. The lowest BCUT2D eigenvalue weighted by atomic mass is 9.92. The predicted molar refractivity (Wildman–Crippen MR) is 68.8 cm³/mol. The maximum Gasteiger partial charge on any atom is 0.119 e. The van der Waals surface area contributed by atoms with Gasteiger partial charge in [-0.3, -0.25) is 11.3 Å². The molecule has 0 amide bonds. The van der Waals surface area contributed by atoms with Crippen LogP contribution in [0.3, 0.4) is 0 Å². The second kappa shape index (κ2) is 6.00. The van der Waals surface area contributed by atoms with E-state index in [1.807, 2.05) is 45.0 Å². The van der Waals surface area contributed by atoms with Crippen LogP contribution in [0.1, 0.15) is 32.4 Å². The van der Waals surface area contributed by atoms with E-state index in [0.717, 1.165) is 11.3 Å². The summed E-state index contributed by atoms with van der Waals surface area (Å²) >= 11 is 0. The number of nitrogens with one attached hydrogen (secondary N) is 1. The third kappa shape index (κ3) is 3.43. The van der Waals surface area contributed by atoms with E-state index < -0.39 is 0 Å². The molecule has 1 unspecified atom stereocenters. The van der Waals surface area contributed by atoms with Gasteiger partial charge in [-0.1, -0.05) is 12.1 Å². The summed E-state index contributed by atoms with van der Waals surface area (Å²) < 4.78 is 10.9. The molecule has 3 N–H and O–H groups in total. The molecule has 1 aromatic carbocycles. The zero-order valence-corrected chi connectivity index (χ0v) is 11.0. The lowest BCUT2D eigenvalue weighted by Gasteiger charge is -2.33. The molecule has 1 rings (SSSR count). The first-order chi connectivity index (χ1) is 8.05. The Bertz CT molecular complexity index is 353. The van der Waals surface area contributed by atoms with E-state index in [9.17, 15) is 0 Å². The molecule has 4 nitrogen and oxygen atoms in total. The Kier molecular flexibility index (Phi) is 4.93. The smallest absolute Gasteiger partial charge is 0.119 e. The quantitative estimate of drug-likeness (QED) is 0.588. The van der Waals surface area contributed by atoms with E-state index in [2.05, 4.69) is 5.43 Å². The number of nitrogens with two attached hydrogens (primary N) is 1. The molecule has 0 aliphatic heterocycles. The zero-order valence-electron chi connectivity index (χ0n) is 11.0. The van der Waals surface area contributed by atoms with Crippen LogP contribution in [0.2, 0.25) is 0 Å². The minimum atomic E-state index is -0.389. The molecule has 0 heterocycles. The van der Waals surface area contributed by atoms with Crippen molar-refractivity contribution in [1.82, 2.24) is 5.43 Å². The van der Waals surface area contributed by atoms with Gasteiger partial charge in [-0.15, -0.1) is 0 Å². The molecule has 0 aliphatic carbocycles. The molecular formula is C13H22N2O2. The highest BCUT2D eigenvalue weighted by molar-refractivity contribution is 5.31. The Hall–Kier alpha value is -1.10. The van der Waals surface area contributed by atoms with Gasteiger partial charge in [-0.25, -0.2) is 0 Å². The summed E-state index contributed by atoms with van der Waals surface area (Å²) in [6.07, 6.45) is 0. The maximum absolute atomic E-state index is 5.62. The van der Waals surface area contributed by atoms with Gasteiger partial charge in [0.25, 0.3) is 0 Å². The Balaban J connectivity index is 2.99. The second-order valence-corrected chi connectivity index (χ2v) is 4.41. The van der Waals surface area contributed by atoms with Crippen LogP contribution < -0.4 is 16.0 Å². The summed E-state index contributed by atoms with van der Waals surface area (Å²) in [5.41, 5.74) is 3.46. The zero-order chi connectivity index (χ0) is 12.9. The van der Waals surface area contributed by atoms with E-state index in [0.29, 0.717) is 6.61 Å². The minimum Gasteiger partial charge on any atom is -0.494 e. The first kappa shape index (κ1) is 14.0. The molecule has 0 saturated heterocycles. The average Bonchev–Trinajstić information content (AvgIpc) is 2.30. The number of rotatable bonds is 6. The summed E-state index contributed by atoms with van der Waals surface area (Å²) in [6, 6.07) is 7.78. The number of hydrogen-bond donors (Lipinski definition) is 2. The maximum atomic E-state index is 5.62. The molecule has 0 fully saturated rings. The van der Waals surface area contributed by atoms with Gasteiger partial charge in [0.05, 0.1) is 18.2 Å². The normalized spacial score (nSPS) is 13.5. The van der Waals surface area contributed by atoms with Gasteiger partial charge in [0.1, 0.15) is 5.75 Å². The fraction of sp³-hybridized carbons (Fsp3) is 0.538. The number of benzene rings is 1. The first-order valence-corrected chi connectivity index (χ1v) is 5.79. The van der Waals surface area contributed by atoms with Crippen LogP contribution in [0.15, 0.2) is 24.3 Å². The highest BCUT2D eigenvalue weighted by Gasteiger charge is 2.29. The van der Waals surface area contributed by atoms with Crippen molar-refractivity contribution in [2.24, 2.45) is 5.84 Å². The average molecular weight is 238 g/mol. The van der Waals surface area contributed by atoms with Crippen LogP contribution in [0.5, 0.6) is 5.75 Å². The lowest BCUT2D eigenvalue weighted by Crippen LogP contribution is -2.43. The molecule has 4 heteroatoms. The molecule has 96 valence electrons. The highest BCUT2D eigenvalue weighted by atomic mass is 16.5. The molecule has 0 aromatic heterocycles. The van der Waals surface area contributed by atoms with Gasteiger partial charge in [0.2, 0.25) is 0 Å². The van der Waals surface area contributed by atoms with E-state index in [1.165, 1.54) is 0 Å². The van der Waals surface area contributed by atoms with Crippen molar-refractivity contribution in [3.05, 3.63) is 29.8 Å². The van der Waals surface area contributed by atoms with Crippen LogP contribution in [0, 0.1) is 0 Å². The van der Waals surface area contributed by atoms with Crippen molar-refractivity contribution in [1.29, 1.82) is 0 Å². The van der Waals surface area contributed by atoms with Crippen molar-refractivity contribution < 1.29 is 9.47 Å². The van der Waals surface area contributed by atoms with Crippen molar-refractivity contribution in [3.63, 3.8) is 0 Å². The fourth-order valence-electron chi connectivity index (χ4n) is 1.77. The second-order valence-electron chi connectivity index (χ2n) is 4.41. The minimum absolute atomic E-state index is 0.0899. The molecule has 1 aromatic rings. The molecule has 1 atom stereocenters. The molecular weight excluding hydrogens is 216 g/mol. The Morgan fingerprint density at radius 3 is 2.65 bits per heavy atom. The van der Waals surface area contributed by atoms with E-state index in [4.69, 9.17) is 15.3 Å². The summed E-state index contributed by atoms with van der Waals surface area (Å²) in [5.74, 6) is 6.46. The van der Waals surface area contributed by atoms with Gasteiger partial charge >= 0.3 is 0 Å². The summed E-state index contributed by atoms with van der Waals surface area (Å²) in [7, 11) is 1.68. The summed E-state index contributed by atoms with van der Waals surface area (Å²) in [5, 5.41) is 0. The molecule has 0 radical (unpaired) electrons. The summed E-state index contributed by atoms with van der Waals surface area (Å²) in [4.78, 5) is 0. The standard InChI is InChI=1S/C13H22N2O2/c1-5-17-11-8-6-7-10(9-11)12(15-14)13(2,3)16-4/h6-9,12,15H,5,14H2,1-4H3. The topological polar surface area (TPSA) is 56.5 Å². The fourth-order valence-corrected chi connectivity index (χ4v) is 1.77. The van der Waals surface area contributed by atoms with Gasteiger partial charge < -0.3 is 9.47 Å². The van der Waals surface area contributed by atoms with E-state index in [-0.39, 0.29) is 11.6 Å². The van der Waals surface area contributed by atoms with E-state index >= 15 is 0 Å². The van der Waals surface area contributed by atoms with Gasteiger partial charge in [0, 0.05) is 7.11 Å². The van der Waals surface area contributed by atoms with Crippen LogP contribution in [0.4, 0.5) is 0 Å². The van der Waals surface area contributed by atoms with Crippen LogP contribution in [-0.4, -0.2) is 19.3 Å². The van der Waals surface area contributed by atoms with Gasteiger partial charge in [-0.2, -0.15) is 0 Å². The number of methoxy groups -OCH3 is 1. The molecule has 0 aliphatic rings. The molecule has 0 saturated carbocycles. The molecule has 0 bridgehead atoms. The first-order valence-electron chi connectivity index (χ1n) is 5.79. The Labute approximate surface area is 103 Å². The molecule has 17 heavy (non-hydrogen) atoms. The van der Waals surface area contributed by atoms with E-state index in [1.54, 1.807) is 7.11 Å². The highest BCUT2D eigenvalue weighted by Crippen LogP contribution is 2.29. The van der Waals surface area contributed by atoms with Crippen molar-refractivity contribution in [3.8, 4) is 5.75 Å². The van der Waals surface area contributed by atoms with Crippen molar-refractivity contribution >= 4 is 0 Å². The van der Waals surface area contributed by atoms with Crippen LogP contribution in [0.25, 0.3) is 0 Å². The Morgan fingerprint density at radius 1 is 1.41 bits per heavy atom. The monoisotopic (exact) mass is 238 g/mol. The lowest BCUT2D eigenvalue weighted by molar-refractivity contribution is -0.0112. The third-order valence-corrected chi connectivity index (χ3v) is 2.89. The van der Waals surface area contributed by atoms with Gasteiger partial charge in [-0.05, 0) is 38.5 Å². The number of hydrogen-bond acceptors (Lipinski definition) is 4. The Morgan fingerprint density at radius 2 is 2.12 bits per heavy atom. The SMILES string of the molecule is CCOc1cccc(C(NN)C(C)(C)OC)c1. The third-order valence-electron chi connectivity index (χ3n) is 2.89. The largest absolute Gasteiger partial charge is 0.494 e.